The minimum Gasteiger partial charge on any atom is -0.101 e. The van der Waals surface area contributed by atoms with Gasteiger partial charge in [0.1, 0.15) is 0 Å². The molecule has 0 unspecified atom stereocenters. The van der Waals surface area contributed by atoms with Crippen LogP contribution in [0.1, 0.15) is 13.8 Å². The molecule has 0 nitrogen and oxygen atoms in total. The average Bonchev–Trinajstić information content (AvgIpc) is 2.19. The molecule has 0 aliphatic heterocycles. The summed E-state index contributed by atoms with van der Waals surface area (Å²) >= 11 is 0. The van der Waals surface area contributed by atoms with Crippen LogP contribution >= 0.6 is 7.92 Å². The Morgan fingerprint density at radius 3 is 1.92 bits per heavy atom. The number of benzene rings is 1. The maximum atomic E-state index is 3.14. The van der Waals surface area contributed by atoms with Crippen LogP contribution in [0.5, 0.6) is 0 Å². The predicted molar refractivity (Wildman–Crippen MR) is 59.9 cm³/mol. The average molecular weight is 186 g/mol. The molecule has 0 N–H and O–H groups in total. The molecule has 1 heteroatoms. The van der Waals surface area contributed by atoms with Crippen molar-refractivity contribution in [3.05, 3.63) is 30.3 Å². The molecule has 0 heterocycles. The predicted octanol–water partition coefficient (Wildman–Crippen LogP) is 2.76. The molecular formula is C12H11P. The highest BCUT2D eigenvalue weighted by molar-refractivity contribution is 7.75. The molecule has 0 amide bonds. The first-order valence-corrected chi connectivity index (χ1v) is 5.42. The number of hydrogen-bond donors (Lipinski definition) is 0. The second-order valence-electron chi connectivity index (χ2n) is 2.39. The summed E-state index contributed by atoms with van der Waals surface area (Å²) in [5.74, 6) is 5.85. The van der Waals surface area contributed by atoms with Crippen LogP contribution in [-0.4, -0.2) is 0 Å². The third-order valence-corrected chi connectivity index (χ3v) is 3.17. The Bertz CT molecular complexity index is 350. The van der Waals surface area contributed by atoms with Gasteiger partial charge >= 0.3 is 0 Å². The van der Waals surface area contributed by atoms with Gasteiger partial charge in [-0.2, -0.15) is 0 Å². The Kier molecular flexibility index (Phi) is 4.11. The fourth-order valence-electron chi connectivity index (χ4n) is 0.958. The summed E-state index contributed by atoms with van der Waals surface area (Å²) in [4.78, 5) is 0. The fraction of sp³-hybridized carbons (Fsp3) is 0.167. The van der Waals surface area contributed by atoms with Crippen LogP contribution in [0.3, 0.4) is 0 Å². The van der Waals surface area contributed by atoms with Crippen molar-refractivity contribution in [1.82, 2.24) is 0 Å². The molecule has 0 saturated carbocycles. The smallest absolute Gasteiger partial charge is 0.0809 e. The molecule has 0 saturated heterocycles. The molecule has 0 aromatic heterocycles. The zero-order chi connectivity index (χ0) is 9.52. The molecule has 0 atom stereocenters. The van der Waals surface area contributed by atoms with E-state index in [9.17, 15) is 0 Å². The van der Waals surface area contributed by atoms with Crippen LogP contribution < -0.4 is 5.30 Å². The lowest BCUT2D eigenvalue weighted by Crippen LogP contribution is -1.95. The van der Waals surface area contributed by atoms with E-state index in [1.807, 2.05) is 32.0 Å². The van der Waals surface area contributed by atoms with Gasteiger partial charge in [-0.1, -0.05) is 41.7 Å². The summed E-state index contributed by atoms with van der Waals surface area (Å²) in [5.41, 5.74) is 6.28. The summed E-state index contributed by atoms with van der Waals surface area (Å²) in [7, 11) is -0.578. The van der Waals surface area contributed by atoms with E-state index < -0.39 is 7.92 Å². The first-order valence-electron chi connectivity index (χ1n) is 4.08. The Morgan fingerprint density at radius 2 is 1.46 bits per heavy atom. The van der Waals surface area contributed by atoms with Crippen LogP contribution in [-0.2, 0) is 0 Å². The lowest BCUT2D eigenvalue weighted by Gasteiger charge is -2.01. The summed E-state index contributed by atoms with van der Waals surface area (Å²) in [6.07, 6.45) is 0. The molecule has 13 heavy (non-hydrogen) atoms. The SMILES string of the molecule is CC#CP(C#CC)c1ccccc1. The van der Waals surface area contributed by atoms with Gasteiger partial charge in [-0.3, -0.25) is 0 Å². The quantitative estimate of drug-likeness (QED) is 0.467. The lowest BCUT2D eigenvalue weighted by molar-refractivity contribution is 1.78. The van der Waals surface area contributed by atoms with E-state index in [0.29, 0.717) is 0 Å². The van der Waals surface area contributed by atoms with Gasteiger partial charge in [0.15, 0.2) is 0 Å². The molecule has 1 aromatic carbocycles. The van der Waals surface area contributed by atoms with Gasteiger partial charge in [-0.25, -0.2) is 0 Å². The summed E-state index contributed by atoms with van der Waals surface area (Å²) in [6.45, 7) is 3.71. The molecule has 0 aliphatic carbocycles. The van der Waals surface area contributed by atoms with E-state index in [1.165, 1.54) is 5.30 Å². The van der Waals surface area contributed by atoms with Crippen LogP contribution in [0, 0.1) is 23.2 Å². The standard InChI is InChI=1S/C12H11P/c1-3-10-13(11-4-2)12-8-6-5-7-9-12/h5-9H,1-2H3. The topological polar surface area (TPSA) is 0 Å². The molecular weight excluding hydrogens is 175 g/mol. The summed E-state index contributed by atoms with van der Waals surface area (Å²) < 4.78 is 0. The normalized spacial score (nSPS) is 8.23. The third-order valence-electron chi connectivity index (χ3n) is 1.46. The van der Waals surface area contributed by atoms with Gasteiger partial charge in [0, 0.05) is 5.30 Å². The Hall–Kier alpha value is -1.23. The summed E-state index contributed by atoms with van der Waals surface area (Å²) in [5, 5.41) is 1.24. The van der Waals surface area contributed by atoms with E-state index in [2.05, 4.69) is 35.3 Å². The molecule has 0 aliphatic rings. The van der Waals surface area contributed by atoms with Gasteiger partial charge in [0.05, 0.1) is 7.92 Å². The van der Waals surface area contributed by atoms with Crippen molar-refractivity contribution >= 4 is 13.2 Å². The highest BCUT2D eigenvalue weighted by Crippen LogP contribution is 2.30. The van der Waals surface area contributed by atoms with Gasteiger partial charge in [-0.15, -0.1) is 11.8 Å². The number of hydrogen-bond acceptors (Lipinski definition) is 0. The van der Waals surface area contributed by atoms with Crippen LogP contribution in [0.4, 0.5) is 0 Å². The van der Waals surface area contributed by atoms with Crippen LogP contribution in [0.25, 0.3) is 0 Å². The summed E-state index contributed by atoms with van der Waals surface area (Å²) in [6, 6.07) is 10.2. The Morgan fingerprint density at radius 1 is 0.923 bits per heavy atom. The van der Waals surface area contributed by atoms with E-state index in [4.69, 9.17) is 0 Å². The maximum Gasteiger partial charge on any atom is 0.0809 e. The highest BCUT2D eigenvalue weighted by atomic mass is 31.1. The van der Waals surface area contributed by atoms with Crippen molar-refractivity contribution in [2.75, 3.05) is 0 Å². The van der Waals surface area contributed by atoms with Crippen LogP contribution in [0.2, 0.25) is 0 Å². The monoisotopic (exact) mass is 186 g/mol. The molecule has 0 bridgehead atoms. The van der Waals surface area contributed by atoms with Gasteiger partial charge < -0.3 is 0 Å². The van der Waals surface area contributed by atoms with Gasteiger partial charge in [0.25, 0.3) is 0 Å². The molecule has 64 valence electrons. The minimum absolute atomic E-state index is 0.578. The molecule has 0 fully saturated rings. The second-order valence-corrected chi connectivity index (χ2v) is 4.03. The first-order chi connectivity index (χ1) is 6.38. The first kappa shape index (κ1) is 9.85. The molecule has 0 spiro atoms. The van der Waals surface area contributed by atoms with Gasteiger partial charge in [-0.05, 0) is 13.8 Å². The lowest BCUT2D eigenvalue weighted by atomic mass is 10.4. The Balaban J connectivity index is 2.98. The maximum absolute atomic E-state index is 3.14. The number of rotatable bonds is 1. The second kappa shape index (κ2) is 5.42. The van der Waals surface area contributed by atoms with Crippen LogP contribution in [0.15, 0.2) is 30.3 Å². The fourth-order valence-corrected chi connectivity index (χ4v) is 2.19. The van der Waals surface area contributed by atoms with Crippen molar-refractivity contribution in [2.24, 2.45) is 0 Å². The van der Waals surface area contributed by atoms with E-state index in [-0.39, 0.29) is 0 Å². The largest absolute Gasteiger partial charge is 0.101 e. The van der Waals surface area contributed by atoms with Crippen molar-refractivity contribution in [3.8, 4) is 23.2 Å². The zero-order valence-corrected chi connectivity index (χ0v) is 8.73. The van der Waals surface area contributed by atoms with Crippen molar-refractivity contribution in [3.63, 3.8) is 0 Å². The molecule has 1 aromatic rings. The minimum atomic E-state index is -0.578. The van der Waals surface area contributed by atoms with E-state index in [1.54, 1.807) is 0 Å². The third kappa shape index (κ3) is 2.95. The highest BCUT2D eigenvalue weighted by Gasteiger charge is 2.01. The van der Waals surface area contributed by atoms with E-state index >= 15 is 0 Å². The van der Waals surface area contributed by atoms with Crippen molar-refractivity contribution in [2.45, 2.75) is 13.8 Å². The Labute approximate surface area is 81.1 Å². The van der Waals surface area contributed by atoms with Crippen molar-refractivity contribution < 1.29 is 0 Å². The zero-order valence-electron chi connectivity index (χ0n) is 7.83. The van der Waals surface area contributed by atoms with E-state index in [0.717, 1.165) is 0 Å². The molecule has 0 radical (unpaired) electrons. The van der Waals surface area contributed by atoms with Gasteiger partial charge in [0.2, 0.25) is 0 Å². The molecule has 1 rings (SSSR count). The van der Waals surface area contributed by atoms with Crippen molar-refractivity contribution in [1.29, 1.82) is 0 Å².